The van der Waals surface area contributed by atoms with Crippen molar-refractivity contribution < 1.29 is 9.59 Å². The average molecular weight is 351 g/mol. The molecule has 1 saturated heterocycles. The van der Waals surface area contributed by atoms with E-state index in [0.717, 1.165) is 17.8 Å². The van der Waals surface area contributed by atoms with E-state index in [0.29, 0.717) is 13.0 Å². The van der Waals surface area contributed by atoms with Crippen LogP contribution >= 0.6 is 0 Å². The van der Waals surface area contributed by atoms with Gasteiger partial charge in [0.25, 0.3) is 0 Å². The highest BCUT2D eigenvalue weighted by atomic mass is 16.2. The monoisotopic (exact) mass is 351 g/mol. The summed E-state index contributed by atoms with van der Waals surface area (Å²) < 4.78 is 0. The third kappa shape index (κ3) is 4.63. The Morgan fingerprint density at radius 1 is 1.12 bits per heavy atom. The van der Waals surface area contributed by atoms with Crippen molar-refractivity contribution in [2.24, 2.45) is 0 Å². The number of carbonyl (C=O) groups excluding carboxylic acids is 2. The van der Waals surface area contributed by atoms with Gasteiger partial charge in [0.1, 0.15) is 0 Å². The summed E-state index contributed by atoms with van der Waals surface area (Å²) in [5, 5.41) is 5.74. The first-order valence-corrected chi connectivity index (χ1v) is 9.17. The molecule has 1 unspecified atom stereocenters. The number of urea groups is 1. The Bertz CT molecular complexity index is 744. The van der Waals surface area contributed by atoms with Crippen LogP contribution in [0.2, 0.25) is 0 Å². The fourth-order valence-corrected chi connectivity index (χ4v) is 3.15. The predicted octanol–water partition coefficient (Wildman–Crippen LogP) is 3.96. The number of rotatable bonds is 6. The fourth-order valence-electron chi connectivity index (χ4n) is 3.15. The molecule has 2 aromatic rings. The largest absolute Gasteiger partial charge is 0.333 e. The van der Waals surface area contributed by atoms with Gasteiger partial charge in [-0.2, -0.15) is 0 Å². The number of anilines is 2. The molecule has 5 heteroatoms. The van der Waals surface area contributed by atoms with Crippen LogP contribution in [-0.2, 0) is 11.2 Å². The summed E-state index contributed by atoms with van der Waals surface area (Å²) in [7, 11) is 0. The first-order valence-electron chi connectivity index (χ1n) is 9.17. The third-order valence-corrected chi connectivity index (χ3v) is 4.56. The van der Waals surface area contributed by atoms with Crippen LogP contribution in [0.15, 0.2) is 54.6 Å². The number of amides is 3. The fraction of sp³-hybridized carbons (Fsp3) is 0.333. The van der Waals surface area contributed by atoms with Gasteiger partial charge in [-0.15, -0.1) is 0 Å². The van der Waals surface area contributed by atoms with Gasteiger partial charge in [0, 0.05) is 24.3 Å². The normalized spacial score (nSPS) is 16.6. The quantitative estimate of drug-likeness (QED) is 0.827. The summed E-state index contributed by atoms with van der Waals surface area (Å²) in [5.74, 6) is 0.0294. The highest BCUT2D eigenvalue weighted by Gasteiger charge is 2.31. The van der Waals surface area contributed by atoms with Crippen LogP contribution in [-0.4, -0.2) is 24.5 Å². The standard InChI is InChI=1S/C21H25N3O2/c1-2-3-7-16-10-12-17(13-11-16)22-21(26)23-18-14-20(25)24(15-18)19-8-5-4-6-9-19/h4-6,8-13,18H,2-3,7,14-15H2,1H3,(H2,22,23,26). The second-order valence-electron chi connectivity index (χ2n) is 6.64. The van der Waals surface area contributed by atoms with Crippen LogP contribution in [0.5, 0.6) is 0 Å². The van der Waals surface area contributed by atoms with Gasteiger partial charge < -0.3 is 15.5 Å². The van der Waals surface area contributed by atoms with Crippen molar-refractivity contribution in [3.05, 3.63) is 60.2 Å². The SMILES string of the molecule is CCCCc1ccc(NC(=O)NC2CC(=O)N(c3ccccc3)C2)cc1. The van der Waals surface area contributed by atoms with Crippen molar-refractivity contribution >= 4 is 23.3 Å². The first kappa shape index (κ1) is 18.0. The maximum atomic E-state index is 12.2. The summed E-state index contributed by atoms with van der Waals surface area (Å²) in [4.78, 5) is 26.1. The Hall–Kier alpha value is -2.82. The molecule has 2 aromatic carbocycles. The van der Waals surface area contributed by atoms with E-state index in [2.05, 4.69) is 17.6 Å². The Morgan fingerprint density at radius 3 is 2.54 bits per heavy atom. The van der Waals surface area contributed by atoms with E-state index in [1.807, 2.05) is 54.6 Å². The van der Waals surface area contributed by atoms with Gasteiger partial charge in [0.2, 0.25) is 5.91 Å². The summed E-state index contributed by atoms with van der Waals surface area (Å²) in [6, 6.07) is 17.0. The molecule has 1 fully saturated rings. The van der Waals surface area contributed by atoms with Crippen molar-refractivity contribution in [3.8, 4) is 0 Å². The molecule has 0 spiro atoms. The number of aryl methyl sites for hydroxylation is 1. The molecule has 1 atom stereocenters. The number of benzene rings is 2. The molecule has 1 heterocycles. The lowest BCUT2D eigenvalue weighted by molar-refractivity contribution is -0.117. The summed E-state index contributed by atoms with van der Waals surface area (Å²) in [6.45, 7) is 2.67. The van der Waals surface area contributed by atoms with Crippen molar-refractivity contribution in [1.82, 2.24) is 5.32 Å². The van der Waals surface area contributed by atoms with Crippen molar-refractivity contribution in [2.45, 2.75) is 38.6 Å². The average Bonchev–Trinajstić information content (AvgIpc) is 3.02. The number of nitrogens with one attached hydrogen (secondary N) is 2. The molecule has 2 N–H and O–H groups in total. The minimum Gasteiger partial charge on any atom is -0.333 e. The lowest BCUT2D eigenvalue weighted by Crippen LogP contribution is -2.39. The van der Waals surface area contributed by atoms with E-state index in [9.17, 15) is 9.59 Å². The van der Waals surface area contributed by atoms with Crippen LogP contribution in [0.1, 0.15) is 31.7 Å². The zero-order valence-corrected chi connectivity index (χ0v) is 15.1. The molecular weight excluding hydrogens is 326 g/mol. The van der Waals surface area contributed by atoms with E-state index in [4.69, 9.17) is 0 Å². The third-order valence-electron chi connectivity index (χ3n) is 4.56. The topological polar surface area (TPSA) is 61.4 Å². The number of unbranched alkanes of at least 4 members (excludes halogenated alkanes) is 1. The molecule has 0 saturated carbocycles. The molecule has 136 valence electrons. The van der Waals surface area contributed by atoms with E-state index >= 15 is 0 Å². The number of hydrogen-bond acceptors (Lipinski definition) is 2. The van der Waals surface area contributed by atoms with Gasteiger partial charge in [-0.25, -0.2) is 4.79 Å². The second kappa shape index (κ2) is 8.52. The predicted molar refractivity (Wildman–Crippen MR) is 104 cm³/mol. The van der Waals surface area contributed by atoms with E-state index < -0.39 is 0 Å². The molecule has 5 nitrogen and oxygen atoms in total. The minimum atomic E-state index is -0.279. The molecule has 0 bridgehead atoms. The first-order chi connectivity index (χ1) is 12.7. The highest BCUT2D eigenvalue weighted by Crippen LogP contribution is 2.21. The maximum absolute atomic E-state index is 12.2. The Kier molecular flexibility index (Phi) is 5.89. The molecule has 0 radical (unpaired) electrons. The maximum Gasteiger partial charge on any atom is 0.319 e. The van der Waals surface area contributed by atoms with E-state index in [-0.39, 0.29) is 18.0 Å². The summed E-state index contributed by atoms with van der Waals surface area (Å²) in [6.07, 6.45) is 3.71. The molecule has 3 rings (SSSR count). The van der Waals surface area contributed by atoms with Gasteiger partial charge in [-0.3, -0.25) is 4.79 Å². The van der Waals surface area contributed by atoms with Gasteiger partial charge >= 0.3 is 6.03 Å². The summed E-state index contributed by atoms with van der Waals surface area (Å²) >= 11 is 0. The molecule has 0 aromatic heterocycles. The van der Waals surface area contributed by atoms with E-state index in [1.54, 1.807) is 4.90 Å². The van der Waals surface area contributed by atoms with Gasteiger partial charge in [0.05, 0.1) is 6.04 Å². The zero-order chi connectivity index (χ0) is 18.4. The van der Waals surface area contributed by atoms with Crippen molar-refractivity contribution in [2.75, 3.05) is 16.8 Å². The van der Waals surface area contributed by atoms with Gasteiger partial charge in [0.15, 0.2) is 0 Å². The summed E-state index contributed by atoms with van der Waals surface area (Å²) in [5.41, 5.74) is 2.90. The lowest BCUT2D eigenvalue weighted by atomic mass is 10.1. The van der Waals surface area contributed by atoms with Crippen LogP contribution in [0.4, 0.5) is 16.2 Å². The molecule has 3 amide bonds. The van der Waals surface area contributed by atoms with Gasteiger partial charge in [-0.05, 0) is 42.7 Å². The van der Waals surface area contributed by atoms with Crippen LogP contribution < -0.4 is 15.5 Å². The Morgan fingerprint density at radius 2 is 1.85 bits per heavy atom. The Balaban J connectivity index is 1.51. The Labute approximate surface area is 154 Å². The van der Waals surface area contributed by atoms with E-state index in [1.165, 1.54) is 18.4 Å². The highest BCUT2D eigenvalue weighted by molar-refractivity contribution is 5.97. The van der Waals surface area contributed by atoms with Crippen LogP contribution in [0.25, 0.3) is 0 Å². The van der Waals surface area contributed by atoms with Gasteiger partial charge in [-0.1, -0.05) is 43.7 Å². The number of carbonyl (C=O) groups is 2. The molecule has 26 heavy (non-hydrogen) atoms. The molecule has 0 aliphatic carbocycles. The minimum absolute atomic E-state index is 0.0294. The second-order valence-corrected chi connectivity index (χ2v) is 6.64. The van der Waals surface area contributed by atoms with Crippen molar-refractivity contribution in [3.63, 3.8) is 0 Å². The molecule has 1 aliphatic heterocycles. The number of nitrogens with zero attached hydrogens (tertiary/aromatic N) is 1. The van der Waals surface area contributed by atoms with Crippen molar-refractivity contribution in [1.29, 1.82) is 0 Å². The number of para-hydroxylation sites is 1. The lowest BCUT2D eigenvalue weighted by Gasteiger charge is -2.17. The molecule has 1 aliphatic rings. The smallest absolute Gasteiger partial charge is 0.319 e. The zero-order valence-electron chi connectivity index (χ0n) is 15.1. The van der Waals surface area contributed by atoms with Crippen LogP contribution in [0, 0.1) is 0 Å². The number of hydrogen-bond donors (Lipinski definition) is 2. The van der Waals surface area contributed by atoms with Crippen LogP contribution in [0.3, 0.4) is 0 Å². The molecular formula is C21H25N3O2.